The Morgan fingerprint density at radius 3 is 2.56 bits per heavy atom. The maximum atomic E-state index is 13.0. The van der Waals surface area contributed by atoms with Crippen LogP contribution in [0.4, 0.5) is 14.9 Å². The highest BCUT2D eigenvalue weighted by molar-refractivity contribution is 5.74. The normalized spacial score (nSPS) is 23.9. The molecule has 1 aromatic carbocycles. The van der Waals surface area contributed by atoms with E-state index in [1.54, 1.807) is 0 Å². The molecule has 1 aliphatic carbocycles. The van der Waals surface area contributed by atoms with E-state index in [9.17, 15) is 9.18 Å². The largest absolute Gasteiger partial charge is 0.376 e. The summed E-state index contributed by atoms with van der Waals surface area (Å²) in [5.74, 6) is 0.410. The summed E-state index contributed by atoms with van der Waals surface area (Å²) in [6.45, 7) is 5.09. The van der Waals surface area contributed by atoms with Gasteiger partial charge in [0.15, 0.2) is 0 Å². The summed E-state index contributed by atoms with van der Waals surface area (Å²) in [4.78, 5) is 14.3. The van der Waals surface area contributed by atoms with Crippen LogP contribution in [0.2, 0.25) is 0 Å². The predicted octanol–water partition coefficient (Wildman–Crippen LogP) is 3.69. The van der Waals surface area contributed by atoms with Crippen molar-refractivity contribution in [2.75, 3.05) is 31.1 Å². The highest BCUT2D eigenvalue weighted by atomic mass is 19.1. The molecule has 0 radical (unpaired) electrons. The van der Waals surface area contributed by atoms with E-state index in [0.717, 1.165) is 38.0 Å². The number of carbonyl (C=O) groups excluding carboxylic acids is 1. The van der Waals surface area contributed by atoms with Crippen LogP contribution in [0.1, 0.15) is 45.4 Å². The number of nitrogens with one attached hydrogen (secondary N) is 2. The number of hydrogen-bond acceptors (Lipinski definition) is 3. The Kier molecular flexibility index (Phi) is 7.33. The molecule has 1 aliphatic heterocycles. The van der Waals surface area contributed by atoms with Crippen LogP contribution in [0.15, 0.2) is 24.3 Å². The average molecular weight is 378 g/mol. The second-order valence-corrected chi connectivity index (χ2v) is 7.81. The summed E-state index contributed by atoms with van der Waals surface area (Å²) >= 11 is 0. The molecular formula is C21H32FN3O2. The molecule has 1 aromatic rings. The molecule has 2 fully saturated rings. The van der Waals surface area contributed by atoms with Crippen molar-refractivity contribution in [2.24, 2.45) is 5.92 Å². The van der Waals surface area contributed by atoms with Crippen LogP contribution in [0.5, 0.6) is 0 Å². The van der Waals surface area contributed by atoms with Gasteiger partial charge in [-0.3, -0.25) is 0 Å². The molecule has 2 aliphatic rings. The van der Waals surface area contributed by atoms with Crippen molar-refractivity contribution in [2.45, 2.75) is 57.6 Å². The molecule has 1 saturated carbocycles. The van der Waals surface area contributed by atoms with Gasteiger partial charge in [0.1, 0.15) is 5.82 Å². The van der Waals surface area contributed by atoms with Crippen LogP contribution in [0.25, 0.3) is 0 Å². The first-order chi connectivity index (χ1) is 13.1. The van der Waals surface area contributed by atoms with Crippen molar-refractivity contribution in [3.63, 3.8) is 0 Å². The van der Waals surface area contributed by atoms with Gasteiger partial charge in [0.2, 0.25) is 0 Å². The topological polar surface area (TPSA) is 53.6 Å². The van der Waals surface area contributed by atoms with Crippen LogP contribution in [0, 0.1) is 11.7 Å². The van der Waals surface area contributed by atoms with Crippen LogP contribution >= 0.6 is 0 Å². The Labute approximate surface area is 161 Å². The summed E-state index contributed by atoms with van der Waals surface area (Å²) in [6.07, 6.45) is 7.07. The van der Waals surface area contributed by atoms with Crippen LogP contribution in [0.3, 0.4) is 0 Å². The van der Waals surface area contributed by atoms with Gasteiger partial charge >= 0.3 is 6.03 Å². The molecule has 1 heterocycles. The lowest BCUT2D eigenvalue weighted by Gasteiger charge is -2.34. The smallest absolute Gasteiger partial charge is 0.315 e. The van der Waals surface area contributed by atoms with Crippen LogP contribution < -0.4 is 15.5 Å². The molecule has 0 bridgehead atoms. The zero-order valence-corrected chi connectivity index (χ0v) is 16.3. The van der Waals surface area contributed by atoms with E-state index in [1.807, 2.05) is 12.1 Å². The van der Waals surface area contributed by atoms with Gasteiger partial charge in [0, 0.05) is 31.4 Å². The van der Waals surface area contributed by atoms with Crippen molar-refractivity contribution in [1.29, 1.82) is 0 Å². The van der Waals surface area contributed by atoms with Crippen molar-refractivity contribution in [3.8, 4) is 0 Å². The lowest BCUT2D eigenvalue weighted by atomic mass is 9.88. The lowest BCUT2D eigenvalue weighted by Crippen LogP contribution is -2.48. The Balaban J connectivity index is 1.29. The van der Waals surface area contributed by atoms with E-state index in [1.165, 1.54) is 31.4 Å². The van der Waals surface area contributed by atoms with E-state index < -0.39 is 0 Å². The van der Waals surface area contributed by atoms with Crippen molar-refractivity contribution in [1.82, 2.24) is 10.6 Å². The predicted molar refractivity (Wildman–Crippen MR) is 106 cm³/mol. The Bertz CT molecular complexity index is 588. The molecule has 0 aromatic heterocycles. The molecule has 5 nitrogen and oxygen atoms in total. The van der Waals surface area contributed by atoms with Crippen molar-refractivity contribution in [3.05, 3.63) is 30.1 Å². The first-order valence-corrected chi connectivity index (χ1v) is 10.3. The number of rotatable bonds is 6. The fourth-order valence-corrected chi connectivity index (χ4v) is 4.08. The number of amides is 2. The van der Waals surface area contributed by atoms with Gasteiger partial charge in [-0.15, -0.1) is 0 Å². The molecule has 6 heteroatoms. The molecule has 3 rings (SSSR count). The highest BCUT2D eigenvalue weighted by Crippen LogP contribution is 2.26. The summed E-state index contributed by atoms with van der Waals surface area (Å²) in [5, 5.41) is 5.96. The van der Waals surface area contributed by atoms with E-state index >= 15 is 0 Å². The average Bonchev–Trinajstić information content (AvgIpc) is 2.68. The van der Waals surface area contributed by atoms with Gasteiger partial charge < -0.3 is 20.3 Å². The van der Waals surface area contributed by atoms with Crippen molar-refractivity contribution < 1.29 is 13.9 Å². The van der Waals surface area contributed by atoms with Gasteiger partial charge in [-0.1, -0.05) is 19.8 Å². The fourth-order valence-electron chi connectivity index (χ4n) is 4.08. The Hall–Kier alpha value is -1.82. The molecule has 0 spiro atoms. The molecule has 27 heavy (non-hydrogen) atoms. The minimum absolute atomic E-state index is 0.115. The van der Waals surface area contributed by atoms with Crippen LogP contribution in [-0.2, 0) is 4.74 Å². The maximum absolute atomic E-state index is 13.0. The number of ether oxygens (including phenoxy) is 1. The monoisotopic (exact) mass is 377 g/mol. The second-order valence-electron chi connectivity index (χ2n) is 7.81. The zero-order chi connectivity index (χ0) is 19.1. The number of halogens is 1. The quantitative estimate of drug-likeness (QED) is 0.744. The number of anilines is 1. The minimum atomic E-state index is -0.214. The molecule has 0 unspecified atom stereocenters. The number of urea groups is 1. The third-order valence-corrected chi connectivity index (χ3v) is 5.77. The van der Waals surface area contributed by atoms with Crippen LogP contribution in [-0.4, -0.2) is 44.4 Å². The molecule has 1 saturated heterocycles. The summed E-state index contributed by atoms with van der Waals surface area (Å²) in [7, 11) is 0. The molecule has 2 N–H and O–H groups in total. The lowest BCUT2D eigenvalue weighted by molar-refractivity contribution is -0.00245. The molecule has 150 valence electrons. The van der Waals surface area contributed by atoms with Gasteiger partial charge in [-0.2, -0.15) is 0 Å². The number of hydrogen-bond donors (Lipinski definition) is 2. The van der Waals surface area contributed by atoms with Gasteiger partial charge in [-0.25, -0.2) is 9.18 Å². The molecular weight excluding hydrogens is 345 g/mol. The third kappa shape index (κ3) is 6.09. The number of nitrogens with zero attached hydrogens (tertiary/aromatic N) is 1. The summed E-state index contributed by atoms with van der Waals surface area (Å²) in [5.41, 5.74) is 1.04. The fraction of sp³-hybridized carbons (Fsp3) is 0.667. The van der Waals surface area contributed by atoms with Gasteiger partial charge in [0.05, 0.1) is 12.7 Å². The number of carbonyl (C=O) groups is 1. The maximum Gasteiger partial charge on any atom is 0.315 e. The van der Waals surface area contributed by atoms with E-state index in [-0.39, 0.29) is 17.9 Å². The third-order valence-electron chi connectivity index (χ3n) is 5.77. The number of piperidine rings is 1. The van der Waals surface area contributed by atoms with Gasteiger partial charge in [-0.05, 0) is 55.9 Å². The Morgan fingerprint density at radius 1 is 1.15 bits per heavy atom. The van der Waals surface area contributed by atoms with E-state index in [4.69, 9.17) is 4.74 Å². The van der Waals surface area contributed by atoms with E-state index in [2.05, 4.69) is 22.5 Å². The first kappa shape index (κ1) is 19.9. The SMILES string of the molecule is C[C@@H]1CCCC[C@@H]1OCCNC(=O)NC1CCN(c2ccc(F)cc2)CC1. The Morgan fingerprint density at radius 2 is 1.85 bits per heavy atom. The summed E-state index contributed by atoms with van der Waals surface area (Å²) < 4.78 is 19.0. The molecule has 2 atom stereocenters. The van der Waals surface area contributed by atoms with Gasteiger partial charge in [0.25, 0.3) is 0 Å². The first-order valence-electron chi connectivity index (χ1n) is 10.3. The second kappa shape index (κ2) is 9.93. The number of benzene rings is 1. The standard InChI is InChI=1S/C21H32FN3O2/c1-16-4-2-3-5-20(16)27-15-12-23-21(26)24-18-10-13-25(14-11-18)19-8-6-17(22)7-9-19/h6-9,16,18,20H,2-5,10-15H2,1H3,(H2,23,24,26)/t16-,20+/m1/s1. The van der Waals surface area contributed by atoms with E-state index in [0.29, 0.717) is 25.2 Å². The molecule has 2 amide bonds. The highest BCUT2D eigenvalue weighted by Gasteiger charge is 2.22. The zero-order valence-electron chi connectivity index (χ0n) is 16.3. The summed E-state index contributed by atoms with van der Waals surface area (Å²) in [6, 6.07) is 6.66. The van der Waals surface area contributed by atoms with Crippen molar-refractivity contribution >= 4 is 11.7 Å². The minimum Gasteiger partial charge on any atom is -0.376 e.